The summed E-state index contributed by atoms with van der Waals surface area (Å²) in [6.45, 7) is 2.18. The van der Waals surface area contributed by atoms with Crippen molar-refractivity contribution in [2.75, 3.05) is 5.32 Å². The molecule has 4 aromatic rings. The highest BCUT2D eigenvalue weighted by Crippen LogP contribution is 2.35. The number of rotatable bonds is 5. The van der Waals surface area contributed by atoms with Gasteiger partial charge in [-0.25, -0.2) is 4.98 Å². The maximum absolute atomic E-state index is 13.2. The first-order chi connectivity index (χ1) is 14.6. The van der Waals surface area contributed by atoms with Crippen LogP contribution in [0, 0.1) is 18.3 Å². The number of nitrogens with one attached hydrogen (secondary N) is 1. The zero-order chi connectivity index (χ0) is 21.1. The summed E-state index contributed by atoms with van der Waals surface area (Å²) < 4.78 is 1.47. The molecule has 0 bridgehead atoms. The summed E-state index contributed by atoms with van der Waals surface area (Å²) in [6.07, 6.45) is 1.59. The average molecular weight is 414 g/mol. The normalized spacial score (nSPS) is 10.7. The molecule has 0 spiro atoms. The van der Waals surface area contributed by atoms with Gasteiger partial charge in [0.05, 0.1) is 23.0 Å². The van der Waals surface area contributed by atoms with Crippen LogP contribution in [0.3, 0.4) is 0 Å². The van der Waals surface area contributed by atoms with E-state index < -0.39 is 0 Å². The molecule has 7 heteroatoms. The van der Waals surface area contributed by atoms with Crippen molar-refractivity contribution >= 4 is 33.1 Å². The van der Waals surface area contributed by atoms with Gasteiger partial charge in [0, 0.05) is 23.4 Å². The SMILES string of the molecule is Cc1sc2ncn(CCC(=O)Nc3ccccc3C#N)c(=O)c2c1-c1ccccc1. The van der Waals surface area contributed by atoms with Crippen LogP contribution in [0.4, 0.5) is 5.69 Å². The lowest BCUT2D eigenvalue weighted by atomic mass is 10.0. The summed E-state index contributed by atoms with van der Waals surface area (Å²) in [5, 5.41) is 12.5. The minimum absolute atomic E-state index is 0.0939. The number of carbonyl (C=O) groups excluding carboxylic acids is 1. The Morgan fingerprint density at radius 2 is 1.90 bits per heavy atom. The monoisotopic (exact) mass is 414 g/mol. The predicted molar refractivity (Wildman–Crippen MR) is 118 cm³/mol. The number of thiophene rings is 1. The van der Waals surface area contributed by atoms with Crippen molar-refractivity contribution in [1.82, 2.24) is 9.55 Å². The van der Waals surface area contributed by atoms with Gasteiger partial charge in [0.2, 0.25) is 5.91 Å². The Hall–Kier alpha value is -3.76. The number of nitrogens with zero attached hydrogens (tertiary/aromatic N) is 3. The molecule has 0 unspecified atom stereocenters. The third-order valence-corrected chi connectivity index (χ3v) is 5.83. The molecular formula is C23H18N4O2S. The number of aromatic nitrogens is 2. The summed E-state index contributed by atoms with van der Waals surface area (Å²) in [4.78, 5) is 31.7. The van der Waals surface area contributed by atoms with Crippen molar-refractivity contribution in [3.05, 3.63) is 81.7 Å². The predicted octanol–water partition coefficient (Wildman–Crippen LogP) is 4.33. The van der Waals surface area contributed by atoms with E-state index in [4.69, 9.17) is 5.26 Å². The molecule has 148 valence electrons. The first-order valence-corrected chi connectivity index (χ1v) is 10.2. The van der Waals surface area contributed by atoms with Gasteiger partial charge in [-0.05, 0) is 24.6 Å². The van der Waals surface area contributed by atoms with Crippen molar-refractivity contribution in [3.63, 3.8) is 0 Å². The van der Waals surface area contributed by atoms with Crippen LogP contribution in [0.15, 0.2) is 65.7 Å². The molecule has 30 heavy (non-hydrogen) atoms. The fourth-order valence-corrected chi connectivity index (χ4v) is 4.38. The highest BCUT2D eigenvalue weighted by molar-refractivity contribution is 7.19. The van der Waals surface area contributed by atoms with Crippen molar-refractivity contribution in [2.45, 2.75) is 19.9 Å². The third kappa shape index (κ3) is 3.73. The van der Waals surface area contributed by atoms with E-state index in [9.17, 15) is 9.59 Å². The average Bonchev–Trinajstić information content (AvgIpc) is 3.11. The van der Waals surface area contributed by atoms with E-state index in [-0.39, 0.29) is 24.4 Å². The number of benzene rings is 2. The van der Waals surface area contributed by atoms with Gasteiger partial charge in [-0.3, -0.25) is 14.2 Å². The second-order valence-corrected chi connectivity index (χ2v) is 7.98. The van der Waals surface area contributed by atoms with Crippen LogP contribution in [-0.2, 0) is 11.3 Å². The maximum atomic E-state index is 13.2. The Morgan fingerprint density at radius 3 is 2.67 bits per heavy atom. The van der Waals surface area contributed by atoms with Crippen LogP contribution in [-0.4, -0.2) is 15.5 Å². The van der Waals surface area contributed by atoms with Gasteiger partial charge in [0.25, 0.3) is 5.56 Å². The van der Waals surface area contributed by atoms with Gasteiger partial charge in [0.15, 0.2) is 0 Å². The molecule has 1 N–H and O–H groups in total. The quantitative estimate of drug-likeness (QED) is 0.526. The molecule has 0 saturated heterocycles. The van der Waals surface area contributed by atoms with Crippen LogP contribution in [0.1, 0.15) is 16.9 Å². The highest BCUT2D eigenvalue weighted by Gasteiger charge is 2.17. The van der Waals surface area contributed by atoms with E-state index in [1.54, 1.807) is 24.3 Å². The largest absolute Gasteiger partial charge is 0.325 e. The zero-order valence-electron chi connectivity index (χ0n) is 16.3. The number of fused-ring (bicyclic) bond motifs is 1. The molecule has 0 fully saturated rings. The van der Waals surface area contributed by atoms with Crippen molar-refractivity contribution in [3.8, 4) is 17.2 Å². The number of nitriles is 1. The van der Waals surface area contributed by atoms with Crippen LogP contribution < -0.4 is 10.9 Å². The smallest absolute Gasteiger partial charge is 0.262 e. The fraction of sp³-hybridized carbons (Fsp3) is 0.130. The Balaban J connectivity index is 1.60. The van der Waals surface area contributed by atoms with Gasteiger partial charge in [-0.1, -0.05) is 42.5 Å². The molecule has 2 heterocycles. The minimum atomic E-state index is -0.269. The summed E-state index contributed by atoms with van der Waals surface area (Å²) in [5.41, 5.74) is 2.57. The molecule has 2 aromatic carbocycles. The molecule has 2 aromatic heterocycles. The second kappa shape index (κ2) is 8.31. The highest BCUT2D eigenvalue weighted by atomic mass is 32.1. The van der Waals surface area contributed by atoms with Crippen molar-refractivity contribution in [1.29, 1.82) is 5.26 Å². The van der Waals surface area contributed by atoms with Gasteiger partial charge in [-0.15, -0.1) is 11.3 Å². The Morgan fingerprint density at radius 1 is 1.17 bits per heavy atom. The van der Waals surface area contributed by atoms with E-state index >= 15 is 0 Å². The summed E-state index contributed by atoms with van der Waals surface area (Å²) in [7, 11) is 0. The van der Waals surface area contributed by atoms with E-state index in [0.29, 0.717) is 21.5 Å². The molecule has 4 rings (SSSR count). The van der Waals surface area contributed by atoms with E-state index in [1.807, 2.05) is 43.3 Å². The first kappa shape index (κ1) is 19.6. The molecule has 0 aliphatic carbocycles. The van der Waals surface area contributed by atoms with Crippen molar-refractivity contribution < 1.29 is 4.79 Å². The molecule has 0 saturated carbocycles. The summed E-state index contributed by atoms with van der Waals surface area (Å²) in [5.74, 6) is -0.269. The van der Waals surface area contributed by atoms with Gasteiger partial charge < -0.3 is 5.32 Å². The number of para-hydroxylation sites is 1. The van der Waals surface area contributed by atoms with Gasteiger partial charge in [0.1, 0.15) is 10.9 Å². The molecule has 0 radical (unpaired) electrons. The third-order valence-electron chi connectivity index (χ3n) is 4.82. The number of amides is 1. The van der Waals surface area contributed by atoms with E-state index in [1.165, 1.54) is 22.2 Å². The summed E-state index contributed by atoms with van der Waals surface area (Å²) in [6, 6.07) is 18.6. The number of aryl methyl sites for hydroxylation is 2. The molecule has 0 atom stereocenters. The second-order valence-electron chi connectivity index (χ2n) is 6.78. The lowest BCUT2D eigenvalue weighted by Crippen LogP contribution is -2.23. The summed E-state index contributed by atoms with van der Waals surface area (Å²) >= 11 is 1.49. The fourth-order valence-electron chi connectivity index (χ4n) is 3.37. The molecular weight excluding hydrogens is 396 g/mol. The zero-order valence-corrected chi connectivity index (χ0v) is 17.1. The standard InChI is InChI=1S/C23H18N4O2S/c1-15-20(16-7-3-2-4-8-16)21-22(30-15)25-14-27(23(21)29)12-11-19(28)26-18-10-6-5-9-17(18)13-24/h2-10,14H,11-12H2,1H3,(H,26,28). The minimum Gasteiger partial charge on any atom is -0.325 e. The molecule has 0 aliphatic heterocycles. The van der Waals surface area contributed by atoms with Gasteiger partial charge in [-0.2, -0.15) is 5.26 Å². The van der Waals surface area contributed by atoms with Crippen molar-refractivity contribution in [2.24, 2.45) is 0 Å². The lowest BCUT2D eigenvalue weighted by molar-refractivity contribution is -0.116. The van der Waals surface area contributed by atoms with Crippen LogP contribution in [0.2, 0.25) is 0 Å². The number of hydrogen-bond donors (Lipinski definition) is 1. The Kier molecular flexibility index (Phi) is 5.42. The molecule has 6 nitrogen and oxygen atoms in total. The van der Waals surface area contributed by atoms with Gasteiger partial charge >= 0.3 is 0 Å². The van der Waals surface area contributed by atoms with Crippen LogP contribution in [0.25, 0.3) is 21.3 Å². The van der Waals surface area contributed by atoms with Crippen LogP contribution >= 0.6 is 11.3 Å². The van der Waals surface area contributed by atoms with Crippen LogP contribution in [0.5, 0.6) is 0 Å². The number of carbonyl (C=O) groups is 1. The Labute approximate surface area is 177 Å². The maximum Gasteiger partial charge on any atom is 0.262 e. The Bertz CT molecular complexity index is 1330. The molecule has 0 aliphatic rings. The van der Waals surface area contributed by atoms with E-state index in [2.05, 4.69) is 10.3 Å². The topological polar surface area (TPSA) is 87.8 Å². The molecule has 1 amide bonds. The number of anilines is 1. The van der Waals surface area contributed by atoms with E-state index in [0.717, 1.165) is 16.0 Å². The number of hydrogen-bond acceptors (Lipinski definition) is 5. The first-order valence-electron chi connectivity index (χ1n) is 9.41. The lowest BCUT2D eigenvalue weighted by Gasteiger charge is -2.08.